The first-order chi connectivity index (χ1) is 15.5. The summed E-state index contributed by atoms with van der Waals surface area (Å²) in [6, 6.07) is 13.8. The lowest BCUT2D eigenvalue weighted by molar-refractivity contribution is -0.288. The van der Waals surface area contributed by atoms with Crippen molar-refractivity contribution in [2.45, 2.75) is 24.7 Å². The van der Waals surface area contributed by atoms with Crippen LogP contribution in [0.4, 0.5) is 26.3 Å². The highest BCUT2D eigenvalue weighted by Crippen LogP contribution is 2.56. The maximum Gasteiger partial charge on any atom is 0.411 e. The van der Waals surface area contributed by atoms with Crippen molar-refractivity contribution in [3.8, 4) is 23.3 Å². The van der Waals surface area contributed by atoms with Crippen molar-refractivity contribution in [2.24, 2.45) is 0 Å². The summed E-state index contributed by atoms with van der Waals surface area (Å²) >= 11 is 0. The zero-order chi connectivity index (χ0) is 24.4. The van der Waals surface area contributed by atoms with Gasteiger partial charge in [-0.1, -0.05) is 36.4 Å². The Hall–Kier alpha value is -3.67. The molecule has 0 aliphatic rings. The molecule has 0 fully saturated rings. The molecule has 0 unspecified atom stereocenters. The second-order valence-electron chi connectivity index (χ2n) is 7.16. The summed E-state index contributed by atoms with van der Waals surface area (Å²) in [5.41, 5.74) is -5.47. The molecule has 0 heterocycles. The summed E-state index contributed by atoms with van der Waals surface area (Å²) in [4.78, 5) is 0. The Balaban J connectivity index is 2.12. The number of alkyl halides is 6. The van der Waals surface area contributed by atoms with Crippen LogP contribution in [0.1, 0.15) is 22.3 Å². The van der Waals surface area contributed by atoms with Gasteiger partial charge in [-0.25, -0.2) is 0 Å². The molecule has 172 valence electrons. The van der Waals surface area contributed by atoms with Gasteiger partial charge in [0, 0.05) is 0 Å². The van der Waals surface area contributed by atoms with Gasteiger partial charge in [-0.05, 0) is 53.9 Å². The molecule has 9 heteroatoms. The predicted octanol–water partition coefficient (Wildman–Crippen LogP) is 7.08. The van der Waals surface area contributed by atoms with Crippen molar-refractivity contribution in [3.05, 3.63) is 89.0 Å². The maximum absolute atomic E-state index is 14.2. The van der Waals surface area contributed by atoms with Gasteiger partial charge in [-0.15, -0.1) is 0 Å². The van der Waals surface area contributed by atoms with Crippen LogP contribution in [0.3, 0.4) is 0 Å². The Morgan fingerprint density at radius 3 is 1.64 bits per heavy atom. The van der Waals surface area contributed by atoms with Gasteiger partial charge in [-0.2, -0.15) is 31.6 Å². The van der Waals surface area contributed by atoms with Crippen LogP contribution in [0.25, 0.3) is 0 Å². The summed E-state index contributed by atoms with van der Waals surface area (Å²) in [6.45, 7) is 1.67. The summed E-state index contributed by atoms with van der Waals surface area (Å²) in [6.07, 6.45) is -11.4. The number of halogens is 6. The highest BCUT2D eigenvalue weighted by atomic mass is 19.4. The van der Waals surface area contributed by atoms with Crippen LogP contribution in [0.5, 0.6) is 17.2 Å². The summed E-state index contributed by atoms with van der Waals surface area (Å²) in [5.74, 6) is 0.235. The largest absolute Gasteiger partial charge is 0.497 e. The van der Waals surface area contributed by atoms with Gasteiger partial charge in [0.2, 0.25) is 5.41 Å². The molecule has 0 saturated carbocycles. The second kappa shape index (κ2) is 8.70. The number of methoxy groups -OCH3 is 1. The second-order valence-corrected chi connectivity index (χ2v) is 7.16. The van der Waals surface area contributed by atoms with Crippen LogP contribution in [0.2, 0.25) is 0 Å². The van der Waals surface area contributed by atoms with Gasteiger partial charge >= 0.3 is 12.4 Å². The van der Waals surface area contributed by atoms with Crippen molar-refractivity contribution in [2.75, 3.05) is 7.11 Å². The summed E-state index contributed by atoms with van der Waals surface area (Å²) in [7, 11) is 1.25. The fourth-order valence-electron chi connectivity index (χ4n) is 3.59. The quantitative estimate of drug-likeness (QED) is 0.378. The number of benzene rings is 3. The lowest BCUT2D eigenvalue weighted by Gasteiger charge is -2.38. The van der Waals surface area contributed by atoms with E-state index in [4.69, 9.17) is 9.47 Å². The third kappa shape index (κ3) is 4.21. The number of aryl methyl sites for hydroxylation is 1. The first kappa shape index (κ1) is 24.0. The number of rotatable bonds is 5. The number of nitrogens with zero attached hydrogens (tertiary/aromatic N) is 1. The van der Waals surface area contributed by atoms with E-state index in [2.05, 4.69) is 0 Å². The Morgan fingerprint density at radius 1 is 0.727 bits per heavy atom. The zero-order valence-corrected chi connectivity index (χ0v) is 17.4. The van der Waals surface area contributed by atoms with E-state index < -0.39 is 28.9 Å². The van der Waals surface area contributed by atoms with Crippen LogP contribution in [0, 0.1) is 18.3 Å². The first-order valence-electron chi connectivity index (χ1n) is 9.51. The van der Waals surface area contributed by atoms with E-state index in [0.717, 1.165) is 48.5 Å². The molecule has 0 spiro atoms. The average Bonchev–Trinajstić information content (AvgIpc) is 2.74. The minimum atomic E-state index is -5.70. The van der Waals surface area contributed by atoms with Crippen molar-refractivity contribution in [1.29, 1.82) is 5.26 Å². The molecule has 0 aliphatic carbocycles. The van der Waals surface area contributed by atoms with Crippen LogP contribution < -0.4 is 9.47 Å². The predicted molar refractivity (Wildman–Crippen MR) is 108 cm³/mol. The molecule has 0 aliphatic heterocycles. The van der Waals surface area contributed by atoms with E-state index in [0.29, 0.717) is 5.56 Å². The molecule has 0 aromatic heterocycles. The minimum Gasteiger partial charge on any atom is -0.497 e. The van der Waals surface area contributed by atoms with Crippen molar-refractivity contribution < 1.29 is 35.8 Å². The molecule has 33 heavy (non-hydrogen) atoms. The number of nitriles is 1. The molecule has 3 rings (SSSR count). The lowest BCUT2D eigenvalue weighted by Crippen LogP contribution is -2.54. The fraction of sp³-hybridized carbons (Fsp3) is 0.208. The van der Waals surface area contributed by atoms with Gasteiger partial charge in [0.15, 0.2) is 0 Å². The number of ether oxygens (including phenoxy) is 2. The van der Waals surface area contributed by atoms with Crippen molar-refractivity contribution in [3.63, 3.8) is 0 Å². The molecular weight excluding hydrogens is 448 g/mol. The molecule has 0 atom stereocenters. The molecule has 0 bridgehead atoms. The third-order valence-electron chi connectivity index (χ3n) is 5.23. The Morgan fingerprint density at radius 2 is 1.21 bits per heavy atom. The van der Waals surface area contributed by atoms with Crippen molar-refractivity contribution in [1.82, 2.24) is 0 Å². The monoisotopic (exact) mass is 465 g/mol. The van der Waals surface area contributed by atoms with Crippen LogP contribution in [-0.4, -0.2) is 19.5 Å². The van der Waals surface area contributed by atoms with Gasteiger partial charge in [0.05, 0.1) is 12.7 Å². The number of hydrogen-bond acceptors (Lipinski definition) is 3. The highest BCUT2D eigenvalue weighted by molar-refractivity contribution is 5.51. The fourth-order valence-corrected chi connectivity index (χ4v) is 3.59. The molecule has 3 nitrogen and oxygen atoms in total. The molecule has 0 amide bonds. The van der Waals surface area contributed by atoms with E-state index in [1.54, 1.807) is 19.1 Å². The molecule has 3 aromatic carbocycles. The van der Waals surface area contributed by atoms with Gasteiger partial charge < -0.3 is 9.47 Å². The molecular formula is C24H17F6NO2. The molecule has 3 aromatic rings. The number of hydrogen-bond donors (Lipinski definition) is 0. The maximum atomic E-state index is 14.2. The van der Waals surface area contributed by atoms with Gasteiger partial charge in [0.1, 0.15) is 23.3 Å². The van der Waals surface area contributed by atoms with E-state index in [1.807, 2.05) is 6.07 Å². The standard InChI is InChI=1S/C24H17F6NO2/c1-15-4-3-5-21(20(15)14-31)33-19-12-8-17(9-13-19)22(23(25,26)27,24(28,29)30)16-6-10-18(32-2)11-7-16/h3-13H,1-2H3. The Kier molecular flexibility index (Phi) is 6.32. The van der Waals surface area contributed by atoms with Crippen molar-refractivity contribution >= 4 is 0 Å². The van der Waals surface area contributed by atoms with Gasteiger partial charge in [0.25, 0.3) is 0 Å². The Labute approximate surface area is 185 Å². The molecule has 0 saturated heterocycles. The van der Waals surface area contributed by atoms with E-state index in [-0.39, 0.29) is 22.8 Å². The smallest absolute Gasteiger partial charge is 0.411 e. The van der Waals surface area contributed by atoms with Crippen LogP contribution >= 0.6 is 0 Å². The zero-order valence-electron chi connectivity index (χ0n) is 17.4. The molecule has 0 N–H and O–H groups in total. The third-order valence-corrected chi connectivity index (χ3v) is 5.23. The lowest BCUT2D eigenvalue weighted by atomic mass is 9.73. The Bertz CT molecular complexity index is 1150. The van der Waals surface area contributed by atoms with Crippen LogP contribution in [0.15, 0.2) is 66.7 Å². The van der Waals surface area contributed by atoms with Gasteiger partial charge in [-0.3, -0.25) is 0 Å². The van der Waals surface area contributed by atoms with E-state index >= 15 is 0 Å². The van der Waals surface area contributed by atoms with E-state index in [1.165, 1.54) is 13.2 Å². The summed E-state index contributed by atoms with van der Waals surface area (Å²) in [5, 5.41) is 9.28. The summed E-state index contributed by atoms with van der Waals surface area (Å²) < 4.78 is 95.6. The SMILES string of the molecule is COc1ccc(C(c2ccc(Oc3cccc(C)c3C#N)cc2)(C(F)(F)F)C(F)(F)F)cc1. The normalized spacial score (nSPS) is 12.2. The minimum absolute atomic E-state index is 0.0196. The first-order valence-corrected chi connectivity index (χ1v) is 9.51. The van der Waals surface area contributed by atoms with E-state index in [9.17, 15) is 31.6 Å². The van der Waals surface area contributed by atoms with Crippen LogP contribution in [-0.2, 0) is 5.41 Å². The highest BCUT2D eigenvalue weighted by Gasteiger charge is 2.72. The average molecular weight is 465 g/mol. The molecule has 0 radical (unpaired) electrons. The topological polar surface area (TPSA) is 42.2 Å².